The lowest BCUT2D eigenvalue weighted by Crippen LogP contribution is -2.23. The maximum atomic E-state index is 9.00. The minimum Gasteiger partial charge on any atom is -0.396 e. The third-order valence-corrected chi connectivity index (χ3v) is 3.00. The van der Waals surface area contributed by atoms with Crippen LogP contribution in [0.1, 0.15) is 18.7 Å². The lowest BCUT2D eigenvalue weighted by atomic mass is 9.97. The van der Waals surface area contributed by atoms with Crippen molar-refractivity contribution in [2.45, 2.75) is 20.5 Å². The van der Waals surface area contributed by atoms with Gasteiger partial charge in [0, 0.05) is 10.3 Å². The van der Waals surface area contributed by atoms with Gasteiger partial charge >= 0.3 is 0 Å². The van der Waals surface area contributed by atoms with E-state index in [-0.39, 0.29) is 12.0 Å². The van der Waals surface area contributed by atoms with Crippen molar-refractivity contribution in [2.24, 2.45) is 5.41 Å². The van der Waals surface area contributed by atoms with Crippen molar-refractivity contribution in [3.63, 3.8) is 0 Å². The van der Waals surface area contributed by atoms with E-state index in [1.165, 1.54) is 11.3 Å². The highest BCUT2D eigenvalue weighted by Crippen LogP contribution is 2.23. The second kappa shape index (κ2) is 5.12. The number of hydrogen-bond acceptors (Lipinski definition) is 3. The lowest BCUT2D eigenvalue weighted by molar-refractivity contribution is 0.0207. The molecular weight excluding hydrogens is 220 g/mol. The van der Waals surface area contributed by atoms with E-state index >= 15 is 0 Å². The molecule has 0 spiro atoms. The fourth-order valence-corrected chi connectivity index (χ4v) is 1.93. The van der Waals surface area contributed by atoms with Crippen LogP contribution in [0.25, 0.3) is 0 Å². The fraction of sp³-hybridized carbons (Fsp3) is 0.600. The number of hydrogen-bond donors (Lipinski definition) is 1. The molecular formula is C10H15ClO2S. The number of halogens is 1. The van der Waals surface area contributed by atoms with Gasteiger partial charge in [-0.15, -0.1) is 11.3 Å². The monoisotopic (exact) mass is 234 g/mol. The summed E-state index contributed by atoms with van der Waals surface area (Å²) in [6.07, 6.45) is 0. The molecule has 0 saturated carbocycles. The van der Waals surface area contributed by atoms with Crippen LogP contribution < -0.4 is 0 Å². The van der Waals surface area contributed by atoms with E-state index in [4.69, 9.17) is 21.4 Å². The van der Waals surface area contributed by atoms with Gasteiger partial charge in [0.25, 0.3) is 0 Å². The Kier molecular flexibility index (Phi) is 4.38. The van der Waals surface area contributed by atoms with Crippen LogP contribution >= 0.6 is 22.9 Å². The molecule has 1 N–H and O–H groups in total. The number of aliphatic hydroxyl groups is 1. The normalized spacial score (nSPS) is 12.0. The van der Waals surface area contributed by atoms with Crippen LogP contribution in [-0.2, 0) is 11.3 Å². The van der Waals surface area contributed by atoms with Gasteiger partial charge < -0.3 is 9.84 Å². The third-order valence-electron chi connectivity index (χ3n) is 1.79. The molecule has 80 valence electrons. The molecule has 0 fully saturated rings. The Morgan fingerprint density at radius 1 is 1.50 bits per heavy atom. The molecule has 0 aliphatic carbocycles. The van der Waals surface area contributed by atoms with Crippen molar-refractivity contribution in [3.05, 3.63) is 21.3 Å². The van der Waals surface area contributed by atoms with E-state index in [9.17, 15) is 0 Å². The summed E-state index contributed by atoms with van der Waals surface area (Å²) in [4.78, 5) is 1.11. The molecule has 0 aliphatic heterocycles. The van der Waals surface area contributed by atoms with Gasteiger partial charge in [-0.1, -0.05) is 25.4 Å². The average Bonchev–Trinajstić information content (AvgIpc) is 2.51. The van der Waals surface area contributed by atoms with Gasteiger partial charge in [-0.3, -0.25) is 0 Å². The molecule has 2 nitrogen and oxygen atoms in total. The van der Waals surface area contributed by atoms with Crippen LogP contribution in [0.15, 0.2) is 12.1 Å². The number of thiophene rings is 1. The van der Waals surface area contributed by atoms with Gasteiger partial charge in [-0.05, 0) is 12.1 Å². The van der Waals surface area contributed by atoms with E-state index < -0.39 is 0 Å². The maximum Gasteiger partial charge on any atom is 0.0932 e. The summed E-state index contributed by atoms with van der Waals surface area (Å²) >= 11 is 7.30. The topological polar surface area (TPSA) is 29.5 Å². The Hall–Kier alpha value is -0.0900. The van der Waals surface area contributed by atoms with E-state index in [1.54, 1.807) is 0 Å². The van der Waals surface area contributed by atoms with Gasteiger partial charge in [0.2, 0.25) is 0 Å². The predicted octanol–water partition coefficient (Wildman–Crippen LogP) is 2.94. The SMILES string of the molecule is CC(C)(CO)COCc1ccc(Cl)s1. The molecule has 4 heteroatoms. The zero-order valence-corrected chi connectivity index (χ0v) is 9.99. The Morgan fingerprint density at radius 2 is 2.21 bits per heavy atom. The molecule has 0 aromatic carbocycles. The second-order valence-electron chi connectivity index (χ2n) is 4.02. The first-order chi connectivity index (χ1) is 6.53. The summed E-state index contributed by atoms with van der Waals surface area (Å²) in [5.41, 5.74) is -0.166. The summed E-state index contributed by atoms with van der Waals surface area (Å²) in [5.74, 6) is 0. The zero-order chi connectivity index (χ0) is 10.6. The van der Waals surface area contributed by atoms with Crippen LogP contribution in [0.4, 0.5) is 0 Å². The van der Waals surface area contributed by atoms with Gasteiger partial charge in [0.15, 0.2) is 0 Å². The minimum atomic E-state index is -0.166. The molecule has 1 aromatic heterocycles. The van der Waals surface area contributed by atoms with Crippen LogP contribution in [0.2, 0.25) is 4.34 Å². The lowest BCUT2D eigenvalue weighted by Gasteiger charge is -2.20. The van der Waals surface area contributed by atoms with Gasteiger partial charge in [-0.2, -0.15) is 0 Å². The van der Waals surface area contributed by atoms with Crippen LogP contribution in [0, 0.1) is 5.41 Å². The molecule has 0 bridgehead atoms. The van der Waals surface area contributed by atoms with E-state index in [0.29, 0.717) is 13.2 Å². The molecule has 0 radical (unpaired) electrons. The molecule has 0 unspecified atom stereocenters. The molecule has 0 saturated heterocycles. The second-order valence-corrected chi connectivity index (χ2v) is 5.82. The predicted molar refractivity (Wildman–Crippen MR) is 59.9 cm³/mol. The average molecular weight is 235 g/mol. The smallest absolute Gasteiger partial charge is 0.0932 e. The van der Waals surface area contributed by atoms with E-state index in [2.05, 4.69) is 0 Å². The van der Waals surface area contributed by atoms with Crippen molar-refractivity contribution in [1.82, 2.24) is 0 Å². The summed E-state index contributed by atoms with van der Waals surface area (Å²) in [6.45, 7) is 5.20. The number of rotatable bonds is 5. The van der Waals surface area contributed by atoms with E-state index in [0.717, 1.165) is 9.21 Å². The Balaban J connectivity index is 2.28. The molecule has 0 atom stereocenters. The summed E-state index contributed by atoms with van der Waals surface area (Å²) in [6, 6.07) is 3.82. The molecule has 0 amide bonds. The quantitative estimate of drug-likeness (QED) is 0.849. The summed E-state index contributed by atoms with van der Waals surface area (Å²) in [7, 11) is 0. The number of aliphatic hydroxyl groups excluding tert-OH is 1. The van der Waals surface area contributed by atoms with Crippen molar-refractivity contribution in [3.8, 4) is 0 Å². The fourth-order valence-electron chi connectivity index (χ4n) is 0.903. The minimum absolute atomic E-state index is 0.137. The largest absolute Gasteiger partial charge is 0.396 e. The zero-order valence-electron chi connectivity index (χ0n) is 8.42. The first-order valence-electron chi connectivity index (χ1n) is 4.46. The molecule has 14 heavy (non-hydrogen) atoms. The maximum absolute atomic E-state index is 9.00. The highest BCUT2D eigenvalue weighted by molar-refractivity contribution is 7.16. The van der Waals surface area contributed by atoms with Crippen LogP contribution in [0.5, 0.6) is 0 Å². The summed E-state index contributed by atoms with van der Waals surface area (Å²) < 4.78 is 6.26. The first kappa shape index (κ1) is 12.0. The van der Waals surface area contributed by atoms with Crippen molar-refractivity contribution in [1.29, 1.82) is 0 Å². The van der Waals surface area contributed by atoms with Gasteiger partial charge in [0.05, 0.1) is 24.2 Å². The highest BCUT2D eigenvalue weighted by Gasteiger charge is 2.16. The van der Waals surface area contributed by atoms with Crippen molar-refractivity contribution < 1.29 is 9.84 Å². The van der Waals surface area contributed by atoms with E-state index in [1.807, 2.05) is 26.0 Å². The molecule has 1 rings (SSSR count). The third kappa shape index (κ3) is 3.96. The van der Waals surface area contributed by atoms with Crippen molar-refractivity contribution >= 4 is 22.9 Å². The first-order valence-corrected chi connectivity index (χ1v) is 5.66. The Morgan fingerprint density at radius 3 is 2.71 bits per heavy atom. The standard InChI is InChI=1S/C10H15ClO2S/c1-10(2,6-12)7-13-5-8-3-4-9(11)14-8/h3-4,12H,5-7H2,1-2H3. The van der Waals surface area contributed by atoms with Gasteiger partial charge in [-0.25, -0.2) is 0 Å². The van der Waals surface area contributed by atoms with Crippen molar-refractivity contribution in [2.75, 3.05) is 13.2 Å². The number of ether oxygens (including phenoxy) is 1. The Labute approximate surface area is 93.5 Å². The highest BCUT2D eigenvalue weighted by atomic mass is 35.5. The molecule has 1 heterocycles. The summed E-state index contributed by atoms with van der Waals surface area (Å²) in [5, 5.41) is 9.00. The Bertz CT molecular complexity index is 283. The van der Waals surface area contributed by atoms with Crippen LogP contribution in [-0.4, -0.2) is 18.3 Å². The van der Waals surface area contributed by atoms with Crippen LogP contribution in [0.3, 0.4) is 0 Å². The molecule has 0 aliphatic rings. The molecule has 1 aromatic rings. The van der Waals surface area contributed by atoms with Gasteiger partial charge in [0.1, 0.15) is 0 Å².